The number of carboxylic acid groups (broad SMARTS) is 1. The lowest BCUT2D eigenvalue weighted by Gasteiger charge is -2.33. The fourth-order valence-corrected chi connectivity index (χ4v) is 3.51. The molecule has 3 rings (SSSR count). The predicted molar refractivity (Wildman–Crippen MR) is 106 cm³/mol. The second-order valence-corrected chi connectivity index (χ2v) is 7.35. The van der Waals surface area contributed by atoms with Crippen LogP contribution in [0.25, 0.3) is 0 Å². The van der Waals surface area contributed by atoms with Crippen molar-refractivity contribution in [3.8, 4) is 0 Å². The van der Waals surface area contributed by atoms with Crippen molar-refractivity contribution in [1.29, 1.82) is 0 Å². The van der Waals surface area contributed by atoms with Gasteiger partial charge in [0, 0.05) is 42.8 Å². The van der Waals surface area contributed by atoms with Gasteiger partial charge in [0.25, 0.3) is 0 Å². The van der Waals surface area contributed by atoms with Crippen LogP contribution in [0.1, 0.15) is 30.4 Å². The molecule has 4 nitrogen and oxygen atoms in total. The highest BCUT2D eigenvalue weighted by molar-refractivity contribution is 6.30. The van der Waals surface area contributed by atoms with E-state index in [-0.39, 0.29) is 6.42 Å². The molecule has 0 spiro atoms. The molecule has 0 saturated carbocycles. The number of anilines is 1. The molecule has 1 aliphatic rings. The maximum absolute atomic E-state index is 10.7. The van der Waals surface area contributed by atoms with Crippen LogP contribution < -0.4 is 5.32 Å². The Kier molecular flexibility index (Phi) is 6.53. The van der Waals surface area contributed by atoms with Gasteiger partial charge in [-0.15, -0.1) is 0 Å². The SMILES string of the molecule is O=C(O)CCc1cccc(NC2CCN(Cc3ccc(Cl)cc3)CC2)c1. The van der Waals surface area contributed by atoms with E-state index in [1.807, 2.05) is 24.3 Å². The Bertz CT molecular complexity index is 725. The van der Waals surface area contributed by atoms with Gasteiger partial charge in [-0.25, -0.2) is 0 Å². The highest BCUT2D eigenvalue weighted by atomic mass is 35.5. The topological polar surface area (TPSA) is 52.6 Å². The molecular weight excluding hydrogens is 348 g/mol. The van der Waals surface area contributed by atoms with Gasteiger partial charge in [0.15, 0.2) is 0 Å². The predicted octanol–water partition coefficient (Wildman–Crippen LogP) is 4.43. The number of carbonyl (C=O) groups is 1. The number of halogens is 1. The van der Waals surface area contributed by atoms with Crippen LogP contribution in [0.3, 0.4) is 0 Å². The van der Waals surface area contributed by atoms with Gasteiger partial charge < -0.3 is 10.4 Å². The van der Waals surface area contributed by atoms with Crippen LogP contribution in [-0.2, 0) is 17.8 Å². The van der Waals surface area contributed by atoms with Crippen LogP contribution in [0.5, 0.6) is 0 Å². The van der Waals surface area contributed by atoms with Gasteiger partial charge >= 0.3 is 5.97 Å². The number of nitrogens with zero attached hydrogens (tertiary/aromatic N) is 1. The molecule has 0 aliphatic carbocycles. The van der Waals surface area contributed by atoms with Crippen LogP contribution in [0.15, 0.2) is 48.5 Å². The van der Waals surface area contributed by atoms with Crippen LogP contribution in [-0.4, -0.2) is 35.1 Å². The van der Waals surface area contributed by atoms with Crippen molar-refractivity contribution in [2.45, 2.75) is 38.3 Å². The lowest BCUT2D eigenvalue weighted by molar-refractivity contribution is -0.136. The highest BCUT2D eigenvalue weighted by Gasteiger charge is 2.19. The largest absolute Gasteiger partial charge is 0.481 e. The Morgan fingerprint density at radius 2 is 1.85 bits per heavy atom. The third-order valence-corrected chi connectivity index (χ3v) is 5.08. The fraction of sp³-hybridized carbons (Fsp3) is 0.381. The maximum Gasteiger partial charge on any atom is 0.303 e. The molecular formula is C21H25ClN2O2. The van der Waals surface area contributed by atoms with Gasteiger partial charge in [0.05, 0.1) is 0 Å². The number of aliphatic carboxylic acids is 1. The molecule has 0 radical (unpaired) electrons. The first-order valence-corrected chi connectivity index (χ1v) is 9.50. The Morgan fingerprint density at radius 1 is 1.12 bits per heavy atom. The summed E-state index contributed by atoms with van der Waals surface area (Å²) in [5, 5.41) is 13.2. The van der Waals surface area contributed by atoms with Crippen LogP contribution in [0, 0.1) is 0 Å². The maximum atomic E-state index is 10.7. The lowest BCUT2D eigenvalue weighted by atomic mass is 10.0. The van der Waals surface area contributed by atoms with E-state index in [0.29, 0.717) is 12.5 Å². The minimum atomic E-state index is -0.753. The summed E-state index contributed by atoms with van der Waals surface area (Å²) in [5.74, 6) is -0.753. The summed E-state index contributed by atoms with van der Waals surface area (Å²) < 4.78 is 0. The number of piperidine rings is 1. The molecule has 1 saturated heterocycles. The minimum absolute atomic E-state index is 0.173. The number of nitrogens with one attached hydrogen (secondary N) is 1. The average molecular weight is 373 g/mol. The molecule has 0 amide bonds. The van der Waals surface area contributed by atoms with Crippen molar-refractivity contribution in [3.63, 3.8) is 0 Å². The summed E-state index contributed by atoms with van der Waals surface area (Å²) in [6.45, 7) is 3.10. The quantitative estimate of drug-likeness (QED) is 0.754. The number of benzene rings is 2. The van der Waals surface area contributed by atoms with E-state index in [4.69, 9.17) is 16.7 Å². The molecule has 0 bridgehead atoms. The zero-order chi connectivity index (χ0) is 18.4. The molecule has 0 unspecified atom stereocenters. The van der Waals surface area contributed by atoms with E-state index in [2.05, 4.69) is 34.5 Å². The van der Waals surface area contributed by atoms with Crippen molar-refractivity contribution in [3.05, 3.63) is 64.7 Å². The number of carboxylic acids is 1. The Hall–Kier alpha value is -2.04. The normalized spacial score (nSPS) is 15.7. The van der Waals surface area contributed by atoms with E-state index < -0.39 is 5.97 Å². The van der Waals surface area contributed by atoms with Gasteiger partial charge in [0.2, 0.25) is 0 Å². The molecule has 1 heterocycles. The molecule has 1 fully saturated rings. The molecule has 1 aliphatic heterocycles. The first-order chi connectivity index (χ1) is 12.6. The second-order valence-electron chi connectivity index (χ2n) is 6.92. The lowest BCUT2D eigenvalue weighted by Crippen LogP contribution is -2.38. The van der Waals surface area contributed by atoms with Crippen LogP contribution >= 0.6 is 11.6 Å². The first kappa shape index (κ1) is 18.7. The molecule has 2 N–H and O–H groups in total. The molecule has 0 atom stereocenters. The summed E-state index contributed by atoms with van der Waals surface area (Å²) in [4.78, 5) is 13.2. The van der Waals surface area contributed by atoms with Crippen LogP contribution in [0.2, 0.25) is 5.02 Å². The minimum Gasteiger partial charge on any atom is -0.481 e. The number of hydrogen-bond acceptors (Lipinski definition) is 3. The third-order valence-electron chi connectivity index (χ3n) is 4.83. The smallest absolute Gasteiger partial charge is 0.303 e. The van der Waals surface area contributed by atoms with Gasteiger partial charge in [-0.2, -0.15) is 0 Å². The van der Waals surface area contributed by atoms with Gasteiger partial charge in [-0.1, -0.05) is 35.9 Å². The molecule has 138 valence electrons. The third kappa shape index (κ3) is 5.75. The highest BCUT2D eigenvalue weighted by Crippen LogP contribution is 2.20. The van der Waals surface area contributed by atoms with Gasteiger partial charge in [-0.05, 0) is 54.7 Å². The Labute approximate surface area is 159 Å². The molecule has 0 aromatic heterocycles. The van der Waals surface area contributed by atoms with Crippen molar-refractivity contribution in [2.75, 3.05) is 18.4 Å². The number of rotatable bonds is 7. The summed E-state index contributed by atoms with van der Waals surface area (Å²) in [5.41, 5.74) is 3.45. The number of aryl methyl sites for hydroxylation is 1. The van der Waals surface area contributed by atoms with E-state index in [9.17, 15) is 4.79 Å². The summed E-state index contributed by atoms with van der Waals surface area (Å²) in [7, 11) is 0. The average Bonchev–Trinajstić information content (AvgIpc) is 2.64. The van der Waals surface area contributed by atoms with E-state index in [1.165, 1.54) is 5.56 Å². The monoisotopic (exact) mass is 372 g/mol. The second kappa shape index (κ2) is 9.06. The zero-order valence-electron chi connectivity index (χ0n) is 14.8. The van der Waals surface area contributed by atoms with Gasteiger partial charge in [0.1, 0.15) is 0 Å². The summed E-state index contributed by atoms with van der Waals surface area (Å²) in [6.07, 6.45) is 2.96. The number of hydrogen-bond donors (Lipinski definition) is 2. The Balaban J connectivity index is 1.47. The zero-order valence-corrected chi connectivity index (χ0v) is 15.6. The fourth-order valence-electron chi connectivity index (χ4n) is 3.39. The van der Waals surface area contributed by atoms with E-state index in [1.54, 1.807) is 0 Å². The standard InChI is InChI=1S/C21H25ClN2O2/c22-18-7-4-17(5-8-18)15-24-12-10-19(11-13-24)23-20-3-1-2-16(14-20)6-9-21(25)26/h1-5,7-8,14,19,23H,6,9-13,15H2,(H,25,26). The van der Waals surface area contributed by atoms with Crippen molar-refractivity contribution in [2.24, 2.45) is 0 Å². The molecule has 5 heteroatoms. The molecule has 2 aromatic carbocycles. The first-order valence-electron chi connectivity index (χ1n) is 9.12. The summed E-state index contributed by atoms with van der Waals surface area (Å²) in [6, 6.07) is 16.7. The number of likely N-dealkylation sites (tertiary alicyclic amines) is 1. The molecule has 2 aromatic rings. The summed E-state index contributed by atoms with van der Waals surface area (Å²) >= 11 is 5.95. The van der Waals surface area contributed by atoms with Crippen molar-refractivity contribution in [1.82, 2.24) is 4.90 Å². The van der Waals surface area contributed by atoms with Gasteiger partial charge in [-0.3, -0.25) is 9.69 Å². The van der Waals surface area contributed by atoms with Crippen molar-refractivity contribution >= 4 is 23.3 Å². The van der Waals surface area contributed by atoms with E-state index in [0.717, 1.165) is 48.7 Å². The molecule has 26 heavy (non-hydrogen) atoms. The Morgan fingerprint density at radius 3 is 2.54 bits per heavy atom. The van der Waals surface area contributed by atoms with E-state index >= 15 is 0 Å². The van der Waals surface area contributed by atoms with Crippen LogP contribution in [0.4, 0.5) is 5.69 Å². The van der Waals surface area contributed by atoms with Crippen molar-refractivity contribution < 1.29 is 9.90 Å².